The number of rotatable bonds is 7. The van der Waals surface area contributed by atoms with E-state index in [9.17, 15) is 4.79 Å². The van der Waals surface area contributed by atoms with Crippen LogP contribution in [0.5, 0.6) is 11.5 Å². The van der Waals surface area contributed by atoms with E-state index < -0.39 is 0 Å². The van der Waals surface area contributed by atoms with E-state index in [1.165, 1.54) is 0 Å². The van der Waals surface area contributed by atoms with Crippen molar-refractivity contribution in [3.05, 3.63) is 54.1 Å². The molecule has 8 heteroatoms. The number of ether oxygens (including phenoxy) is 2. The number of carbonyl (C=O) groups is 1. The lowest BCUT2D eigenvalue weighted by Gasteiger charge is -2.30. The number of anilines is 1. The van der Waals surface area contributed by atoms with Crippen LogP contribution in [-0.2, 0) is 11.3 Å². The summed E-state index contributed by atoms with van der Waals surface area (Å²) in [6.07, 6.45) is 1.73. The van der Waals surface area contributed by atoms with E-state index in [-0.39, 0.29) is 11.8 Å². The van der Waals surface area contributed by atoms with Gasteiger partial charge in [-0.05, 0) is 54.8 Å². The van der Waals surface area contributed by atoms with Crippen LogP contribution in [0, 0.1) is 5.92 Å². The fraction of sp³-hybridized carbons (Fsp3) is 0.348. The van der Waals surface area contributed by atoms with Crippen molar-refractivity contribution in [1.82, 2.24) is 15.5 Å². The highest BCUT2D eigenvalue weighted by atomic mass is 16.5. The molecule has 1 saturated heterocycles. The van der Waals surface area contributed by atoms with Gasteiger partial charge in [0.2, 0.25) is 11.7 Å². The molecule has 1 aliphatic heterocycles. The van der Waals surface area contributed by atoms with Crippen molar-refractivity contribution in [2.45, 2.75) is 19.4 Å². The maximum Gasteiger partial charge on any atom is 0.324 e. The first-order chi connectivity index (χ1) is 15.2. The summed E-state index contributed by atoms with van der Waals surface area (Å²) in [6, 6.07) is 15.6. The third-order valence-electron chi connectivity index (χ3n) is 5.45. The third kappa shape index (κ3) is 4.96. The van der Waals surface area contributed by atoms with E-state index in [1.54, 1.807) is 14.2 Å². The summed E-state index contributed by atoms with van der Waals surface area (Å²) in [5, 5.41) is 7.13. The van der Waals surface area contributed by atoms with Crippen molar-refractivity contribution in [3.8, 4) is 22.9 Å². The fourth-order valence-electron chi connectivity index (χ4n) is 3.64. The van der Waals surface area contributed by atoms with Crippen molar-refractivity contribution >= 4 is 11.9 Å². The number of aromatic nitrogens is 2. The van der Waals surface area contributed by atoms with Gasteiger partial charge < -0.3 is 24.2 Å². The zero-order valence-electron chi connectivity index (χ0n) is 17.7. The van der Waals surface area contributed by atoms with Gasteiger partial charge in [0.05, 0.1) is 20.1 Å². The van der Waals surface area contributed by atoms with E-state index in [4.69, 9.17) is 14.0 Å². The molecule has 1 amide bonds. The van der Waals surface area contributed by atoms with Crippen molar-refractivity contribution in [1.29, 1.82) is 0 Å². The molecule has 4 rings (SSSR count). The second kappa shape index (κ2) is 9.51. The molecule has 162 valence electrons. The van der Waals surface area contributed by atoms with Crippen LogP contribution in [0.4, 0.5) is 6.01 Å². The molecule has 1 N–H and O–H groups in total. The molecule has 31 heavy (non-hydrogen) atoms. The summed E-state index contributed by atoms with van der Waals surface area (Å²) in [7, 11) is 3.26. The van der Waals surface area contributed by atoms with Gasteiger partial charge in [-0.15, -0.1) is 0 Å². The Morgan fingerprint density at radius 3 is 2.45 bits per heavy atom. The van der Waals surface area contributed by atoms with Crippen LogP contribution in [0.15, 0.2) is 53.1 Å². The average molecular weight is 422 g/mol. The molecular formula is C23H26N4O4. The number of benzene rings is 2. The Balaban J connectivity index is 1.35. The Morgan fingerprint density at radius 1 is 1.10 bits per heavy atom. The summed E-state index contributed by atoms with van der Waals surface area (Å²) in [4.78, 5) is 19.2. The minimum atomic E-state index is -0.122. The number of methoxy groups -OCH3 is 2. The number of nitrogens with one attached hydrogen (secondary N) is 1. The van der Waals surface area contributed by atoms with Crippen LogP contribution in [0.3, 0.4) is 0 Å². The van der Waals surface area contributed by atoms with Crippen molar-refractivity contribution in [2.75, 3.05) is 32.2 Å². The van der Waals surface area contributed by atoms with Crippen molar-refractivity contribution in [2.24, 2.45) is 5.92 Å². The first-order valence-electron chi connectivity index (χ1n) is 10.3. The van der Waals surface area contributed by atoms with Gasteiger partial charge in [-0.25, -0.2) is 0 Å². The van der Waals surface area contributed by atoms with Crippen LogP contribution in [0.1, 0.15) is 18.4 Å². The molecule has 1 aliphatic rings. The number of hydrogen-bond acceptors (Lipinski definition) is 7. The monoisotopic (exact) mass is 422 g/mol. The zero-order chi connectivity index (χ0) is 21.6. The van der Waals surface area contributed by atoms with Gasteiger partial charge in [-0.2, -0.15) is 4.98 Å². The molecule has 0 saturated carbocycles. The molecule has 1 fully saturated rings. The molecule has 8 nitrogen and oxygen atoms in total. The fourth-order valence-corrected chi connectivity index (χ4v) is 3.64. The zero-order valence-corrected chi connectivity index (χ0v) is 17.7. The number of nitrogens with zero attached hydrogens (tertiary/aromatic N) is 3. The highest BCUT2D eigenvalue weighted by molar-refractivity contribution is 5.79. The highest BCUT2D eigenvalue weighted by Crippen LogP contribution is 2.26. The van der Waals surface area contributed by atoms with Gasteiger partial charge in [0.15, 0.2) is 0 Å². The smallest absolute Gasteiger partial charge is 0.324 e. The second-order valence-electron chi connectivity index (χ2n) is 7.48. The summed E-state index contributed by atoms with van der Waals surface area (Å²) >= 11 is 0. The Labute approximate surface area is 181 Å². The van der Waals surface area contributed by atoms with Gasteiger partial charge in [-0.1, -0.05) is 17.3 Å². The predicted octanol–water partition coefficient (Wildman–Crippen LogP) is 3.29. The van der Waals surface area contributed by atoms with Crippen LogP contribution in [0.25, 0.3) is 11.4 Å². The van der Waals surface area contributed by atoms with Crippen LogP contribution < -0.4 is 19.7 Å². The minimum Gasteiger partial charge on any atom is -0.497 e. The Kier molecular flexibility index (Phi) is 6.35. The largest absolute Gasteiger partial charge is 0.497 e. The molecule has 2 aromatic carbocycles. The molecule has 2 heterocycles. The first-order valence-corrected chi connectivity index (χ1v) is 10.3. The maximum atomic E-state index is 12.7. The highest BCUT2D eigenvalue weighted by Gasteiger charge is 2.28. The quantitative estimate of drug-likeness (QED) is 0.625. The topological polar surface area (TPSA) is 89.7 Å². The molecule has 1 unspecified atom stereocenters. The van der Waals surface area contributed by atoms with Gasteiger partial charge in [-0.3, -0.25) is 4.79 Å². The summed E-state index contributed by atoms with van der Waals surface area (Å²) in [5.41, 5.74) is 1.88. The molecular weight excluding hydrogens is 396 g/mol. The van der Waals surface area contributed by atoms with Gasteiger partial charge in [0, 0.05) is 25.2 Å². The molecule has 1 atom stereocenters. The Bertz CT molecular complexity index is 1000. The minimum absolute atomic E-state index is 0.0374. The molecule has 0 bridgehead atoms. The summed E-state index contributed by atoms with van der Waals surface area (Å²) < 4.78 is 15.8. The van der Waals surface area contributed by atoms with Crippen LogP contribution in [0.2, 0.25) is 0 Å². The number of carbonyl (C=O) groups excluding carboxylic acids is 1. The summed E-state index contributed by atoms with van der Waals surface area (Å²) in [5.74, 6) is 2.00. The van der Waals surface area contributed by atoms with Gasteiger partial charge >= 0.3 is 6.01 Å². The standard InChI is InChI=1S/C23H26N4O4/c1-29-19-9-5-16(6-10-19)14-24-22(28)18-4-3-13-27(15-18)23-25-21(26-31-23)17-7-11-20(30-2)12-8-17/h5-12,18H,3-4,13-15H2,1-2H3,(H,24,28). The SMILES string of the molecule is COc1ccc(CNC(=O)C2CCCN(c3nc(-c4ccc(OC)cc4)no3)C2)cc1. The number of amides is 1. The Morgan fingerprint density at radius 2 is 1.77 bits per heavy atom. The van der Waals surface area contributed by atoms with Crippen LogP contribution >= 0.6 is 0 Å². The number of piperidine rings is 1. The lowest BCUT2D eigenvalue weighted by atomic mass is 9.97. The lowest BCUT2D eigenvalue weighted by molar-refractivity contribution is -0.125. The van der Waals surface area contributed by atoms with E-state index >= 15 is 0 Å². The maximum absolute atomic E-state index is 12.7. The normalized spacial score (nSPS) is 16.1. The van der Waals surface area contributed by atoms with Crippen LogP contribution in [-0.4, -0.2) is 43.4 Å². The van der Waals surface area contributed by atoms with Crippen molar-refractivity contribution in [3.63, 3.8) is 0 Å². The van der Waals surface area contributed by atoms with E-state index in [1.807, 2.05) is 53.4 Å². The van der Waals surface area contributed by atoms with Gasteiger partial charge in [0.25, 0.3) is 0 Å². The predicted molar refractivity (Wildman–Crippen MR) is 116 cm³/mol. The number of hydrogen-bond donors (Lipinski definition) is 1. The third-order valence-corrected chi connectivity index (χ3v) is 5.45. The lowest BCUT2D eigenvalue weighted by Crippen LogP contribution is -2.43. The van der Waals surface area contributed by atoms with E-state index in [2.05, 4.69) is 15.5 Å². The van der Waals surface area contributed by atoms with E-state index in [0.29, 0.717) is 24.9 Å². The molecule has 0 spiro atoms. The van der Waals surface area contributed by atoms with Crippen molar-refractivity contribution < 1.29 is 18.8 Å². The second-order valence-corrected chi connectivity index (χ2v) is 7.48. The summed E-state index contributed by atoms with van der Waals surface area (Å²) in [6.45, 7) is 1.83. The van der Waals surface area contributed by atoms with E-state index in [0.717, 1.165) is 42.0 Å². The molecule has 0 radical (unpaired) electrons. The first kappa shape index (κ1) is 20.7. The molecule has 3 aromatic rings. The van der Waals surface area contributed by atoms with Gasteiger partial charge in [0.1, 0.15) is 11.5 Å². The average Bonchev–Trinajstić information content (AvgIpc) is 3.33. The molecule has 1 aromatic heterocycles. The molecule has 0 aliphatic carbocycles. The Hall–Kier alpha value is -3.55.